The van der Waals surface area contributed by atoms with E-state index in [4.69, 9.17) is 14.1 Å². The Morgan fingerprint density at radius 1 is 1.07 bits per heavy atom. The van der Waals surface area contributed by atoms with Gasteiger partial charge in [0.15, 0.2) is 8.32 Å². The summed E-state index contributed by atoms with van der Waals surface area (Å²) in [5.41, 5.74) is 6.61. The minimum Gasteiger partial charge on any atom is -0.410 e. The number of aromatic nitrogens is 1. The Morgan fingerprint density at radius 2 is 1.71 bits per heavy atom. The number of nitrogens with zero attached hydrogens (tertiary/aromatic N) is 1. The van der Waals surface area contributed by atoms with Gasteiger partial charge >= 0.3 is 0 Å². The molecule has 5 rings (SSSR count). The largest absolute Gasteiger partial charge is 0.410 e. The number of halogens is 3. The van der Waals surface area contributed by atoms with Crippen molar-refractivity contribution in [3.63, 3.8) is 0 Å². The molecule has 0 amide bonds. The van der Waals surface area contributed by atoms with Crippen LogP contribution in [-0.2, 0) is 27.1 Å². The Morgan fingerprint density at radius 3 is 2.22 bits per heavy atom. The first-order valence-corrected chi connectivity index (χ1v) is 19.5. The predicted molar refractivity (Wildman–Crippen MR) is 174 cm³/mol. The first-order chi connectivity index (χ1) is 18.8. The third-order valence-corrected chi connectivity index (χ3v) is 16.2. The Hall–Kier alpha value is -0.903. The number of fused-ring (bicyclic) bond motifs is 4. The number of benzene rings is 1. The van der Waals surface area contributed by atoms with Crippen LogP contribution in [0.1, 0.15) is 138 Å². The van der Waals surface area contributed by atoms with E-state index in [2.05, 4.69) is 84.2 Å². The molecule has 7 heteroatoms. The summed E-state index contributed by atoms with van der Waals surface area (Å²) in [6.07, 6.45) is 4.66. The molecule has 4 atom stereocenters. The zero-order valence-corrected chi connectivity index (χ0v) is 29.7. The van der Waals surface area contributed by atoms with Crippen molar-refractivity contribution in [1.29, 1.82) is 0 Å². The third-order valence-electron chi connectivity index (χ3n) is 10.1. The van der Waals surface area contributed by atoms with Crippen molar-refractivity contribution >= 4 is 30.9 Å². The van der Waals surface area contributed by atoms with Crippen molar-refractivity contribution in [3.8, 4) is 0 Å². The quantitative estimate of drug-likeness (QED) is 0.177. The fourth-order valence-electron chi connectivity index (χ4n) is 6.95. The molecule has 0 N–H and O–H groups in total. The minimum atomic E-state index is -2.88. The smallest absolute Gasteiger partial charge is 0.270 e. The highest BCUT2D eigenvalue weighted by Crippen LogP contribution is 2.62. The molecule has 1 saturated carbocycles. The summed E-state index contributed by atoms with van der Waals surface area (Å²) in [5, 5.41) is 0.0855. The average molecular weight is 696 g/mol. The molecule has 0 radical (unpaired) electrons. The fraction of sp³-hybridized carbons (Fsp3) is 0.676. The molecule has 1 fully saturated rings. The summed E-state index contributed by atoms with van der Waals surface area (Å²) in [5.74, 6) is -2.67. The van der Waals surface area contributed by atoms with Crippen LogP contribution in [0.25, 0.3) is 0 Å². The van der Waals surface area contributed by atoms with Gasteiger partial charge in [0.2, 0.25) is 0 Å². The van der Waals surface area contributed by atoms with Gasteiger partial charge in [0, 0.05) is 44.5 Å². The van der Waals surface area contributed by atoms with Gasteiger partial charge in [0.1, 0.15) is 11.7 Å². The van der Waals surface area contributed by atoms with Gasteiger partial charge < -0.3 is 9.16 Å². The zero-order chi connectivity index (χ0) is 30.3. The maximum absolute atomic E-state index is 14.1. The second-order valence-corrected chi connectivity index (χ2v) is 21.7. The summed E-state index contributed by atoms with van der Waals surface area (Å²) in [7, 11) is -2.11. The van der Waals surface area contributed by atoms with Crippen molar-refractivity contribution in [3.05, 3.63) is 63.5 Å². The van der Waals surface area contributed by atoms with Crippen LogP contribution < -0.4 is 0 Å². The van der Waals surface area contributed by atoms with Gasteiger partial charge in [-0.05, 0) is 67.1 Å². The van der Waals surface area contributed by atoms with E-state index in [0.29, 0.717) is 3.92 Å². The lowest BCUT2D eigenvalue weighted by Crippen LogP contribution is -2.44. The molecular weight excluding hydrogens is 647 g/mol. The van der Waals surface area contributed by atoms with E-state index in [9.17, 15) is 8.78 Å². The van der Waals surface area contributed by atoms with Crippen molar-refractivity contribution in [1.82, 2.24) is 4.98 Å². The molecule has 1 aromatic carbocycles. The summed E-state index contributed by atoms with van der Waals surface area (Å²) < 4.78 is 43.2. The molecule has 1 spiro atoms. The molecule has 41 heavy (non-hydrogen) atoms. The number of pyridine rings is 1. The monoisotopic (exact) mass is 695 g/mol. The number of hydrogen-bond acceptors (Lipinski definition) is 3. The average Bonchev–Trinajstić information content (AvgIpc) is 3.37. The Balaban J connectivity index is 1.78. The molecule has 2 aromatic rings. The zero-order valence-electron chi connectivity index (χ0n) is 26.6. The lowest BCUT2D eigenvalue weighted by atomic mass is 9.70. The molecule has 3 nitrogen and oxygen atoms in total. The maximum atomic E-state index is 14.1. The molecule has 1 aromatic heterocycles. The van der Waals surface area contributed by atoms with E-state index < -0.39 is 19.8 Å². The van der Waals surface area contributed by atoms with Crippen molar-refractivity contribution in [2.24, 2.45) is 5.41 Å². The SMILES string of the molecule is CC(C)c1nc2c(c3c1[C@@H](c1ccc(C(C)(F)F)cc1)OC31CCCC1I)[C@@H](O[Si](C)(C)C(C)(C)C)CC(C)(C)C2. The second kappa shape index (κ2) is 10.3. The van der Waals surface area contributed by atoms with Crippen LogP contribution in [-0.4, -0.2) is 17.2 Å². The standard InChI is InChI=1S/C34H48F2INO2Si/c1-20(2)29-27-28(26-23(38-29)18-32(6,7)19-24(26)40-41(9,10)31(3,4)5)34(17-11-12-25(34)37)39-30(27)21-13-15-22(16-14-21)33(8,35)36/h13-16,20,24-25,30H,11-12,17-19H2,1-10H3/t24-,25?,30+,34?/m0/s1. The fourth-order valence-corrected chi connectivity index (χ4v) is 9.43. The Kier molecular flexibility index (Phi) is 7.95. The van der Waals surface area contributed by atoms with Crippen LogP contribution in [0.3, 0.4) is 0 Å². The first kappa shape index (κ1) is 31.5. The highest BCUT2D eigenvalue weighted by Gasteiger charge is 2.57. The molecular formula is C34H48F2INO2Si. The van der Waals surface area contributed by atoms with E-state index in [-0.39, 0.29) is 34.1 Å². The molecule has 1 aliphatic heterocycles. The van der Waals surface area contributed by atoms with E-state index in [1.165, 1.54) is 22.4 Å². The molecule has 226 valence electrons. The molecule has 2 unspecified atom stereocenters. The Bertz CT molecular complexity index is 1310. The molecule has 0 bridgehead atoms. The van der Waals surface area contributed by atoms with Crippen LogP contribution >= 0.6 is 22.6 Å². The molecule has 0 saturated heterocycles. The van der Waals surface area contributed by atoms with E-state index in [1.54, 1.807) is 12.1 Å². The third kappa shape index (κ3) is 5.48. The van der Waals surface area contributed by atoms with Gasteiger partial charge in [-0.2, -0.15) is 0 Å². The number of hydrogen-bond donors (Lipinski definition) is 0. The van der Waals surface area contributed by atoms with Crippen molar-refractivity contribution in [2.75, 3.05) is 0 Å². The van der Waals surface area contributed by atoms with Crippen LogP contribution in [0, 0.1) is 5.41 Å². The highest BCUT2D eigenvalue weighted by atomic mass is 127. The van der Waals surface area contributed by atoms with Gasteiger partial charge in [-0.25, -0.2) is 8.78 Å². The summed E-state index contributed by atoms with van der Waals surface area (Å²) in [4.78, 5) is 5.47. The van der Waals surface area contributed by atoms with Crippen LogP contribution in [0.4, 0.5) is 8.78 Å². The van der Waals surface area contributed by atoms with Crippen molar-refractivity contribution < 1.29 is 17.9 Å². The summed E-state index contributed by atoms with van der Waals surface area (Å²) in [6, 6.07) is 6.81. The van der Waals surface area contributed by atoms with Gasteiger partial charge in [0.25, 0.3) is 5.92 Å². The molecule has 2 heterocycles. The minimum absolute atomic E-state index is 0.0273. The topological polar surface area (TPSA) is 31.4 Å². The first-order valence-electron chi connectivity index (χ1n) is 15.3. The van der Waals surface area contributed by atoms with Gasteiger partial charge in [-0.15, -0.1) is 0 Å². The number of rotatable bonds is 5. The number of alkyl halides is 3. The second-order valence-electron chi connectivity index (χ2n) is 15.5. The van der Waals surface area contributed by atoms with Crippen LogP contribution in [0.15, 0.2) is 24.3 Å². The summed E-state index contributed by atoms with van der Waals surface area (Å²) >= 11 is 2.61. The van der Waals surface area contributed by atoms with E-state index >= 15 is 0 Å². The normalized spacial score (nSPS) is 27.9. The Labute approximate surface area is 260 Å². The lowest BCUT2D eigenvalue weighted by molar-refractivity contribution is -0.0515. The summed E-state index contributed by atoms with van der Waals surface area (Å²) in [6.45, 7) is 21.7. The van der Waals surface area contributed by atoms with Crippen LogP contribution in [0.5, 0.6) is 0 Å². The molecule has 2 aliphatic carbocycles. The number of ether oxygens (including phenoxy) is 1. The van der Waals surface area contributed by atoms with Gasteiger partial charge in [0.05, 0.1) is 6.10 Å². The maximum Gasteiger partial charge on any atom is 0.270 e. The van der Waals surface area contributed by atoms with E-state index in [1.807, 2.05) is 12.1 Å². The predicted octanol–water partition coefficient (Wildman–Crippen LogP) is 10.7. The van der Waals surface area contributed by atoms with Gasteiger partial charge in [-0.3, -0.25) is 4.98 Å². The lowest BCUT2D eigenvalue weighted by Gasteiger charge is -2.45. The van der Waals surface area contributed by atoms with E-state index in [0.717, 1.165) is 50.3 Å². The van der Waals surface area contributed by atoms with Gasteiger partial charge in [-0.1, -0.05) is 95.3 Å². The molecule has 3 aliphatic rings. The highest BCUT2D eigenvalue weighted by molar-refractivity contribution is 14.1. The van der Waals surface area contributed by atoms with Crippen LogP contribution in [0.2, 0.25) is 18.1 Å². The van der Waals surface area contributed by atoms with Crippen molar-refractivity contribution in [2.45, 2.75) is 139 Å².